The molecule has 5 heteroatoms. The summed E-state index contributed by atoms with van der Waals surface area (Å²) in [7, 11) is 0. The van der Waals surface area contributed by atoms with E-state index >= 15 is 0 Å². The Hall–Kier alpha value is -0.940. The Morgan fingerprint density at radius 1 is 0.926 bits per heavy atom. The molecule has 1 heterocycles. The molecule has 1 saturated heterocycles. The number of carbonyl (C=O) groups excluding carboxylic acids is 2. The minimum atomic E-state index is -0.860. The molecule has 0 aromatic heterocycles. The van der Waals surface area contributed by atoms with Crippen molar-refractivity contribution in [3.63, 3.8) is 0 Å². The molecule has 0 spiro atoms. The largest absolute Gasteiger partial charge is 0.462 e. The Bertz CT molecular complexity index is 491. The van der Waals surface area contributed by atoms with E-state index in [1.54, 1.807) is 13.8 Å². The zero-order valence-corrected chi connectivity index (χ0v) is 18.1. The molecule has 5 nitrogen and oxygen atoms in total. The Morgan fingerprint density at radius 2 is 1.52 bits per heavy atom. The normalized spacial score (nSPS) is 43.1. The average molecular weight is 385 g/mol. The molecule has 0 aliphatic carbocycles. The summed E-state index contributed by atoms with van der Waals surface area (Å²) in [6, 6.07) is 0. The topological polar surface area (TPSA) is 83.8 Å². The molecule has 2 unspecified atom stereocenters. The highest BCUT2D eigenvalue weighted by molar-refractivity contribution is 5.83. The van der Waals surface area contributed by atoms with Gasteiger partial charge in [-0.3, -0.25) is 9.59 Å². The number of aliphatic hydroxyl groups excluding tert-OH is 2. The molecule has 0 bridgehead atoms. The van der Waals surface area contributed by atoms with Gasteiger partial charge in [0.25, 0.3) is 0 Å². The number of carbonyl (C=O) groups is 2. The first-order valence-corrected chi connectivity index (χ1v) is 10.6. The van der Waals surface area contributed by atoms with Gasteiger partial charge in [0.2, 0.25) is 0 Å². The third-order valence-corrected chi connectivity index (χ3v) is 6.41. The van der Waals surface area contributed by atoms with Crippen LogP contribution in [0.1, 0.15) is 74.1 Å². The molecule has 9 atom stereocenters. The van der Waals surface area contributed by atoms with Gasteiger partial charge in [0.1, 0.15) is 11.9 Å². The minimum Gasteiger partial charge on any atom is -0.462 e. The number of esters is 1. The van der Waals surface area contributed by atoms with Crippen molar-refractivity contribution in [2.75, 3.05) is 0 Å². The Balaban J connectivity index is 3.17. The van der Waals surface area contributed by atoms with Crippen molar-refractivity contribution in [2.24, 2.45) is 35.5 Å². The zero-order chi connectivity index (χ0) is 20.9. The highest BCUT2D eigenvalue weighted by atomic mass is 16.5. The van der Waals surface area contributed by atoms with Gasteiger partial charge in [-0.05, 0) is 38.0 Å². The number of Topliss-reactive ketones (excluding diaryl/α,β-unsaturated/α-hetero) is 1. The van der Waals surface area contributed by atoms with Crippen molar-refractivity contribution < 1.29 is 24.5 Å². The number of cyclic esters (lactones) is 1. The van der Waals surface area contributed by atoms with Crippen LogP contribution in [-0.2, 0) is 14.3 Å². The van der Waals surface area contributed by atoms with E-state index in [-0.39, 0.29) is 29.5 Å². The molecule has 1 rings (SSSR count). The second-order valence-electron chi connectivity index (χ2n) is 9.04. The molecule has 1 aliphatic rings. The second kappa shape index (κ2) is 10.6. The van der Waals surface area contributed by atoms with E-state index in [9.17, 15) is 19.8 Å². The fraction of sp³-hybridized carbons (Fsp3) is 0.909. The lowest BCUT2D eigenvalue weighted by atomic mass is 9.78. The second-order valence-corrected chi connectivity index (χ2v) is 9.04. The third kappa shape index (κ3) is 6.28. The van der Waals surface area contributed by atoms with Gasteiger partial charge in [-0.15, -0.1) is 0 Å². The van der Waals surface area contributed by atoms with Crippen LogP contribution in [-0.4, -0.2) is 40.3 Å². The fourth-order valence-corrected chi connectivity index (χ4v) is 4.48. The Labute approximate surface area is 164 Å². The number of ketones is 1. The lowest BCUT2D eigenvalue weighted by Gasteiger charge is -2.34. The van der Waals surface area contributed by atoms with Crippen LogP contribution < -0.4 is 0 Å². The maximum absolute atomic E-state index is 12.8. The van der Waals surface area contributed by atoms with Crippen LogP contribution in [0.5, 0.6) is 0 Å². The van der Waals surface area contributed by atoms with Crippen molar-refractivity contribution in [2.45, 2.75) is 92.5 Å². The van der Waals surface area contributed by atoms with Crippen LogP contribution in [0, 0.1) is 35.5 Å². The summed E-state index contributed by atoms with van der Waals surface area (Å²) >= 11 is 0. The quantitative estimate of drug-likeness (QED) is 0.711. The lowest BCUT2D eigenvalue weighted by molar-refractivity contribution is -0.165. The summed E-state index contributed by atoms with van der Waals surface area (Å²) in [5, 5.41) is 21.4. The van der Waals surface area contributed by atoms with Crippen molar-refractivity contribution in [3.05, 3.63) is 0 Å². The lowest BCUT2D eigenvalue weighted by Crippen LogP contribution is -2.43. The van der Waals surface area contributed by atoms with E-state index in [4.69, 9.17) is 4.74 Å². The summed E-state index contributed by atoms with van der Waals surface area (Å²) in [5.41, 5.74) is 0. The van der Waals surface area contributed by atoms with E-state index in [1.165, 1.54) is 0 Å². The standard InChI is InChI=1S/C22H40O5/c1-8-9-18-15(5)21(25)16(6)19(23)13(3)10-12(2)11-14(4)20(24)17(7)22(26)27-18/h12-18,20-21,24-25H,8-11H2,1-7H3/t12?,13-,14-,15+,16+,17-,18?,20+,21+/m1/s1. The van der Waals surface area contributed by atoms with E-state index in [0.717, 1.165) is 19.3 Å². The monoisotopic (exact) mass is 384 g/mol. The summed E-state index contributed by atoms with van der Waals surface area (Å²) in [6.07, 6.45) is 0.779. The first-order valence-electron chi connectivity index (χ1n) is 10.6. The van der Waals surface area contributed by atoms with Gasteiger partial charge in [0, 0.05) is 17.8 Å². The van der Waals surface area contributed by atoms with Crippen LogP contribution >= 0.6 is 0 Å². The van der Waals surface area contributed by atoms with Crippen molar-refractivity contribution in [1.82, 2.24) is 0 Å². The van der Waals surface area contributed by atoms with Gasteiger partial charge in [0.15, 0.2) is 0 Å². The molecule has 0 amide bonds. The summed E-state index contributed by atoms with van der Waals surface area (Å²) in [6.45, 7) is 13.3. The Morgan fingerprint density at radius 3 is 2.07 bits per heavy atom. The Kier molecular flexibility index (Phi) is 9.43. The van der Waals surface area contributed by atoms with E-state index in [0.29, 0.717) is 6.42 Å². The molecule has 27 heavy (non-hydrogen) atoms. The number of rotatable bonds is 2. The number of ether oxygens (including phenoxy) is 1. The average Bonchev–Trinajstić information content (AvgIpc) is 2.62. The molecular formula is C22H40O5. The zero-order valence-electron chi connectivity index (χ0n) is 18.1. The maximum Gasteiger partial charge on any atom is 0.311 e. The van der Waals surface area contributed by atoms with Gasteiger partial charge in [-0.1, -0.05) is 48.0 Å². The summed E-state index contributed by atoms with van der Waals surface area (Å²) in [5.74, 6) is -1.78. The fourth-order valence-electron chi connectivity index (χ4n) is 4.48. The van der Waals surface area contributed by atoms with Crippen molar-refractivity contribution >= 4 is 11.8 Å². The maximum atomic E-state index is 12.8. The summed E-state index contributed by atoms with van der Waals surface area (Å²) < 4.78 is 5.72. The van der Waals surface area contributed by atoms with E-state index in [1.807, 2.05) is 27.7 Å². The molecule has 0 saturated carbocycles. The van der Waals surface area contributed by atoms with Crippen LogP contribution in [0.3, 0.4) is 0 Å². The van der Waals surface area contributed by atoms with Gasteiger partial charge < -0.3 is 14.9 Å². The van der Waals surface area contributed by atoms with Crippen molar-refractivity contribution in [1.29, 1.82) is 0 Å². The molecule has 0 aromatic rings. The molecule has 0 aromatic carbocycles. The van der Waals surface area contributed by atoms with Crippen LogP contribution in [0.15, 0.2) is 0 Å². The molecular weight excluding hydrogens is 344 g/mol. The minimum absolute atomic E-state index is 0.0569. The first kappa shape index (κ1) is 24.1. The predicted molar refractivity (Wildman–Crippen MR) is 106 cm³/mol. The van der Waals surface area contributed by atoms with Crippen LogP contribution in [0.2, 0.25) is 0 Å². The van der Waals surface area contributed by atoms with Crippen LogP contribution in [0.25, 0.3) is 0 Å². The summed E-state index contributed by atoms with van der Waals surface area (Å²) in [4.78, 5) is 25.5. The van der Waals surface area contributed by atoms with E-state index < -0.39 is 36.1 Å². The highest BCUT2D eigenvalue weighted by Crippen LogP contribution is 2.30. The van der Waals surface area contributed by atoms with Gasteiger partial charge in [-0.2, -0.15) is 0 Å². The molecule has 2 N–H and O–H groups in total. The predicted octanol–water partition coefficient (Wildman–Crippen LogP) is 3.60. The number of hydrogen-bond acceptors (Lipinski definition) is 5. The highest BCUT2D eigenvalue weighted by Gasteiger charge is 2.38. The third-order valence-electron chi connectivity index (χ3n) is 6.41. The van der Waals surface area contributed by atoms with Gasteiger partial charge >= 0.3 is 5.97 Å². The first-order chi connectivity index (χ1) is 12.5. The molecule has 1 aliphatic heterocycles. The number of hydrogen-bond donors (Lipinski definition) is 2. The van der Waals surface area contributed by atoms with Gasteiger partial charge in [0.05, 0.1) is 18.1 Å². The van der Waals surface area contributed by atoms with Gasteiger partial charge in [-0.25, -0.2) is 0 Å². The number of aliphatic hydroxyl groups is 2. The molecule has 158 valence electrons. The van der Waals surface area contributed by atoms with Crippen LogP contribution in [0.4, 0.5) is 0 Å². The van der Waals surface area contributed by atoms with Crippen molar-refractivity contribution in [3.8, 4) is 0 Å². The SMILES string of the molecule is CCCC1OC(=O)[C@H](C)[C@@H](O)[C@H](C)CC(C)C[C@@H](C)C(=O)[C@H](C)[C@@H](O)[C@H]1C. The molecule has 0 radical (unpaired) electrons. The smallest absolute Gasteiger partial charge is 0.311 e. The van der Waals surface area contributed by atoms with E-state index in [2.05, 4.69) is 6.92 Å². The molecule has 1 fully saturated rings.